The molecule has 0 aliphatic heterocycles. The van der Waals surface area contributed by atoms with E-state index < -0.39 is 5.97 Å². The molecule has 1 fully saturated rings. The summed E-state index contributed by atoms with van der Waals surface area (Å²) < 4.78 is 18.4. The first-order valence-corrected chi connectivity index (χ1v) is 8.79. The molecule has 1 saturated carbocycles. The van der Waals surface area contributed by atoms with Crippen LogP contribution in [0.2, 0.25) is 0 Å². The Morgan fingerprint density at radius 1 is 1.31 bits per heavy atom. The number of methoxy groups -OCH3 is 1. The van der Waals surface area contributed by atoms with E-state index in [1.807, 2.05) is 32.0 Å². The standard InChI is InChI=1S/C19H21N3O4/c1-4-16-20-21-17(26-16)10-25-19(23)18-11(2)22(12-5-6-12)15-8-7-13(24-3)9-14(15)18/h7-9,12H,4-6,10H2,1-3H3. The lowest BCUT2D eigenvalue weighted by atomic mass is 10.1. The number of carbonyl (C=O) groups is 1. The average molecular weight is 355 g/mol. The molecule has 3 aromatic rings. The van der Waals surface area contributed by atoms with Gasteiger partial charge in [0.05, 0.1) is 12.7 Å². The summed E-state index contributed by atoms with van der Waals surface area (Å²) in [5.41, 5.74) is 2.52. The van der Waals surface area contributed by atoms with Crippen LogP contribution in [0.4, 0.5) is 0 Å². The maximum atomic E-state index is 12.8. The molecule has 1 aromatic carbocycles. The van der Waals surface area contributed by atoms with Gasteiger partial charge < -0.3 is 18.5 Å². The topological polar surface area (TPSA) is 79.4 Å². The SMILES string of the molecule is CCc1nnc(COC(=O)c2c(C)n(C3CC3)c3ccc(OC)cc23)o1. The first-order chi connectivity index (χ1) is 12.6. The van der Waals surface area contributed by atoms with Gasteiger partial charge in [-0.1, -0.05) is 6.92 Å². The highest BCUT2D eigenvalue weighted by molar-refractivity contribution is 6.06. The van der Waals surface area contributed by atoms with E-state index >= 15 is 0 Å². The summed E-state index contributed by atoms with van der Waals surface area (Å²) in [4.78, 5) is 12.8. The minimum absolute atomic E-state index is 0.0364. The maximum Gasteiger partial charge on any atom is 0.341 e. The van der Waals surface area contributed by atoms with Crippen molar-refractivity contribution >= 4 is 16.9 Å². The second-order valence-electron chi connectivity index (χ2n) is 6.46. The lowest BCUT2D eigenvalue weighted by molar-refractivity contribution is 0.0437. The number of fused-ring (bicyclic) bond motifs is 1. The number of hydrogen-bond donors (Lipinski definition) is 0. The summed E-state index contributed by atoms with van der Waals surface area (Å²) in [6.07, 6.45) is 2.91. The fraction of sp³-hybridized carbons (Fsp3) is 0.421. The molecular weight excluding hydrogens is 334 g/mol. The molecule has 0 radical (unpaired) electrons. The molecule has 0 spiro atoms. The lowest BCUT2D eigenvalue weighted by Crippen LogP contribution is -2.08. The highest BCUT2D eigenvalue weighted by Crippen LogP contribution is 2.42. The second kappa shape index (κ2) is 6.48. The molecule has 7 nitrogen and oxygen atoms in total. The Morgan fingerprint density at radius 3 is 2.73 bits per heavy atom. The van der Waals surface area contributed by atoms with Crippen molar-refractivity contribution < 1.29 is 18.7 Å². The van der Waals surface area contributed by atoms with Crippen molar-refractivity contribution in [2.75, 3.05) is 7.11 Å². The monoisotopic (exact) mass is 355 g/mol. The summed E-state index contributed by atoms with van der Waals surface area (Å²) in [5.74, 6) is 1.15. The molecule has 7 heteroatoms. The molecule has 136 valence electrons. The van der Waals surface area contributed by atoms with Crippen LogP contribution in [0.25, 0.3) is 10.9 Å². The third-order valence-electron chi connectivity index (χ3n) is 4.71. The third kappa shape index (κ3) is 2.83. The van der Waals surface area contributed by atoms with E-state index in [0.29, 0.717) is 35.6 Å². The van der Waals surface area contributed by atoms with Crippen LogP contribution in [0.1, 0.15) is 53.6 Å². The molecule has 1 aliphatic rings. The van der Waals surface area contributed by atoms with Crippen molar-refractivity contribution in [2.45, 2.75) is 45.8 Å². The quantitative estimate of drug-likeness (QED) is 0.629. The Hall–Kier alpha value is -2.83. The van der Waals surface area contributed by atoms with Gasteiger partial charge in [0.25, 0.3) is 5.89 Å². The molecule has 4 rings (SSSR count). The summed E-state index contributed by atoms with van der Waals surface area (Å²) >= 11 is 0. The molecule has 0 atom stereocenters. The minimum atomic E-state index is -0.392. The molecule has 0 amide bonds. The Kier molecular flexibility index (Phi) is 4.14. The molecule has 0 saturated heterocycles. The van der Waals surface area contributed by atoms with Crippen LogP contribution in [-0.4, -0.2) is 27.8 Å². The van der Waals surface area contributed by atoms with Crippen molar-refractivity contribution in [2.24, 2.45) is 0 Å². The number of aromatic nitrogens is 3. The fourth-order valence-electron chi connectivity index (χ4n) is 3.30. The summed E-state index contributed by atoms with van der Waals surface area (Å²) in [7, 11) is 1.62. The Balaban J connectivity index is 1.67. The first kappa shape index (κ1) is 16.6. The van der Waals surface area contributed by atoms with E-state index in [1.54, 1.807) is 7.11 Å². The number of ether oxygens (including phenoxy) is 2. The van der Waals surface area contributed by atoms with Crippen molar-refractivity contribution in [3.05, 3.63) is 41.2 Å². The van der Waals surface area contributed by atoms with E-state index in [9.17, 15) is 4.79 Å². The van der Waals surface area contributed by atoms with Gasteiger partial charge in [-0.25, -0.2) is 4.79 Å². The van der Waals surface area contributed by atoms with Crippen molar-refractivity contribution in [3.8, 4) is 5.75 Å². The van der Waals surface area contributed by atoms with Gasteiger partial charge in [0.1, 0.15) is 5.75 Å². The number of hydrogen-bond acceptors (Lipinski definition) is 6. The molecule has 0 N–H and O–H groups in total. The zero-order chi connectivity index (χ0) is 18.3. The number of nitrogens with zero attached hydrogens (tertiary/aromatic N) is 3. The van der Waals surface area contributed by atoms with Crippen molar-refractivity contribution in [1.82, 2.24) is 14.8 Å². The maximum absolute atomic E-state index is 12.8. The van der Waals surface area contributed by atoms with E-state index in [4.69, 9.17) is 13.9 Å². The number of esters is 1. The van der Waals surface area contributed by atoms with Crippen molar-refractivity contribution in [1.29, 1.82) is 0 Å². The Bertz CT molecular complexity index is 969. The average Bonchev–Trinajstić information content (AvgIpc) is 3.29. The van der Waals surface area contributed by atoms with E-state index in [1.165, 1.54) is 0 Å². The van der Waals surface area contributed by atoms with Gasteiger partial charge in [0.2, 0.25) is 5.89 Å². The molecule has 1 aliphatic carbocycles. The third-order valence-corrected chi connectivity index (χ3v) is 4.71. The van der Waals surface area contributed by atoms with Gasteiger partial charge in [-0.2, -0.15) is 0 Å². The minimum Gasteiger partial charge on any atom is -0.497 e. The lowest BCUT2D eigenvalue weighted by Gasteiger charge is -2.06. The van der Waals surface area contributed by atoms with E-state index in [0.717, 1.165) is 29.4 Å². The highest BCUT2D eigenvalue weighted by Gasteiger charge is 2.31. The number of aryl methyl sites for hydroxylation is 1. The predicted molar refractivity (Wildman–Crippen MR) is 94.3 cm³/mol. The second-order valence-corrected chi connectivity index (χ2v) is 6.46. The zero-order valence-electron chi connectivity index (χ0n) is 15.1. The summed E-state index contributed by atoms with van der Waals surface area (Å²) in [6.45, 7) is 3.85. The van der Waals surface area contributed by atoms with Gasteiger partial charge >= 0.3 is 5.97 Å². The molecule has 26 heavy (non-hydrogen) atoms. The van der Waals surface area contributed by atoms with Crippen molar-refractivity contribution in [3.63, 3.8) is 0 Å². The highest BCUT2D eigenvalue weighted by atomic mass is 16.5. The van der Waals surface area contributed by atoms with Gasteiger partial charge in [-0.3, -0.25) is 0 Å². The zero-order valence-corrected chi connectivity index (χ0v) is 15.1. The predicted octanol–water partition coefficient (Wildman–Crippen LogP) is 3.60. The molecule has 0 bridgehead atoms. The Labute approximate surface area is 150 Å². The van der Waals surface area contributed by atoms with Crippen LogP contribution in [-0.2, 0) is 17.8 Å². The van der Waals surface area contributed by atoms with Crippen LogP contribution < -0.4 is 4.74 Å². The number of carbonyl (C=O) groups excluding carboxylic acids is 1. The van der Waals surface area contributed by atoms with Crippen LogP contribution in [0.15, 0.2) is 22.6 Å². The van der Waals surface area contributed by atoms with Crippen LogP contribution in [0.5, 0.6) is 5.75 Å². The summed E-state index contributed by atoms with van der Waals surface area (Å²) in [6, 6.07) is 6.26. The smallest absolute Gasteiger partial charge is 0.341 e. The van der Waals surface area contributed by atoms with Crippen LogP contribution in [0.3, 0.4) is 0 Å². The molecular formula is C19H21N3O4. The largest absolute Gasteiger partial charge is 0.497 e. The number of rotatable bonds is 6. The Morgan fingerprint density at radius 2 is 2.08 bits per heavy atom. The molecule has 2 aromatic heterocycles. The summed E-state index contributed by atoms with van der Waals surface area (Å²) in [5, 5.41) is 8.62. The molecule has 2 heterocycles. The van der Waals surface area contributed by atoms with Gasteiger partial charge in [-0.05, 0) is 38.0 Å². The van der Waals surface area contributed by atoms with E-state index in [-0.39, 0.29) is 6.61 Å². The van der Waals surface area contributed by atoms with Gasteiger partial charge in [0, 0.05) is 29.1 Å². The normalized spacial score (nSPS) is 14.0. The van der Waals surface area contributed by atoms with E-state index in [2.05, 4.69) is 14.8 Å². The van der Waals surface area contributed by atoms with Crippen LogP contribution in [0, 0.1) is 6.92 Å². The fourth-order valence-corrected chi connectivity index (χ4v) is 3.30. The first-order valence-electron chi connectivity index (χ1n) is 8.79. The number of benzene rings is 1. The van der Waals surface area contributed by atoms with Gasteiger partial charge in [0.15, 0.2) is 6.61 Å². The van der Waals surface area contributed by atoms with Gasteiger partial charge in [-0.15, -0.1) is 10.2 Å². The molecule has 0 unspecified atom stereocenters. The van der Waals surface area contributed by atoms with Crippen LogP contribution >= 0.6 is 0 Å².